The smallest absolute Gasteiger partial charge is 0.326 e. The monoisotopic (exact) mass is 579 g/mol. The number of nitrogens with two attached hydrogens (primary N) is 1. The van der Waals surface area contributed by atoms with E-state index in [9.17, 15) is 34.2 Å². The Hall–Kier alpha value is -4.71. The highest BCUT2D eigenvalue weighted by atomic mass is 16.4. The van der Waals surface area contributed by atoms with E-state index < -0.39 is 60.2 Å². The van der Waals surface area contributed by atoms with Crippen LogP contribution in [0.4, 0.5) is 0 Å². The summed E-state index contributed by atoms with van der Waals surface area (Å²) in [6.45, 7) is 3.60. The first kappa shape index (κ1) is 31.8. The summed E-state index contributed by atoms with van der Waals surface area (Å²) in [6, 6.07) is 11.0. The Morgan fingerprint density at radius 3 is 2.05 bits per heavy atom. The molecule has 0 radical (unpaired) electrons. The van der Waals surface area contributed by atoms with Gasteiger partial charge in [-0.1, -0.05) is 68.8 Å². The van der Waals surface area contributed by atoms with Crippen LogP contribution in [0.15, 0.2) is 60.8 Å². The third-order valence-electron chi connectivity index (χ3n) is 7.20. The number of aromatic amines is 1. The number of para-hydroxylation sites is 1. The summed E-state index contributed by atoms with van der Waals surface area (Å²) in [7, 11) is 0. The first-order valence-corrected chi connectivity index (χ1v) is 13.7. The normalized spacial score (nSPS) is 14.6. The average Bonchev–Trinajstić information content (AvgIpc) is 3.38. The van der Waals surface area contributed by atoms with Gasteiger partial charge in [-0.05, 0) is 23.1 Å². The number of carbonyl (C=O) groups excluding carboxylic acids is 3. The lowest BCUT2D eigenvalue weighted by atomic mass is 9.98. The van der Waals surface area contributed by atoms with Crippen molar-refractivity contribution in [3.05, 3.63) is 71.9 Å². The third kappa shape index (κ3) is 8.64. The van der Waals surface area contributed by atoms with Gasteiger partial charge >= 0.3 is 11.9 Å². The summed E-state index contributed by atoms with van der Waals surface area (Å²) < 4.78 is 0. The van der Waals surface area contributed by atoms with Crippen molar-refractivity contribution < 1.29 is 34.2 Å². The van der Waals surface area contributed by atoms with Crippen molar-refractivity contribution in [1.29, 1.82) is 0 Å². The Bertz CT molecular complexity index is 1410. The van der Waals surface area contributed by atoms with Crippen molar-refractivity contribution in [3.63, 3.8) is 0 Å². The molecule has 3 amide bonds. The van der Waals surface area contributed by atoms with Gasteiger partial charge in [0.1, 0.15) is 18.1 Å². The summed E-state index contributed by atoms with van der Waals surface area (Å²) in [4.78, 5) is 66.2. The van der Waals surface area contributed by atoms with E-state index in [1.165, 1.54) is 0 Å². The van der Waals surface area contributed by atoms with Gasteiger partial charge in [-0.2, -0.15) is 0 Å². The van der Waals surface area contributed by atoms with Crippen LogP contribution in [0.2, 0.25) is 0 Å². The highest BCUT2D eigenvalue weighted by molar-refractivity contribution is 5.96. The number of nitrogens with one attached hydrogen (secondary N) is 4. The quantitative estimate of drug-likeness (QED) is 0.140. The van der Waals surface area contributed by atoms with E-state index in [0.29, 0.717) is 17.5 Å². The molecule has 0 saturated carbocycles. The second-order valence-electron chi connectivity index (χ2n) is 10.3. The van der Waals surface area contributed by atoms with E-state index in [2.05, 4.69) is 20.9 Å². The molecular formula is C30H37N5O7. The minimum absolute atomic E-state index is 0.0159. The van der Waals surface area contributed by atoms with E-state index in [0.717, 1.165) is 10.9 Å². The van der Waals surface area contributed by atoms with E-state index in [4.69, 9.17) is 5.73 Å². The molecule has 5 atom stereocenters. The summed E-state index contributed by atoms with van der Waals surface area (Å²) in [5.74, 6) is -5.23. The Labute approximate surface area is 243 Å². The average molecular weight is 580 g/mol. The fraction of sp³-hybridized carbons (Fsp3) is 0.367. The van der Waals surface area contributed by atoms with Gasteiger partial charge in [0.05, 0.1) is 12.5 Å². The molecule has 0 aliphatic rings. The number of fused-ring (bicyclic) bond motifs is 1. The van der Waals surface area contributed by atoms with Gasteiger partial charge in [0.15, 0.2) is 0 Å². The molecule has 0 aliphatic carbocycles. The molecule has 0 bridgehead atoms. The number of benzene rings is 2. The standard InChI is InChI=1S/C30H37N5O7/c1-3-17(2)26(31)29(40)34-23(15-25(36)37)28(39)33-22(13-18-9-5-4-6-10-18)27(38)35-24(30(41)42)14-19-16-32-21-12-8-7-11-20(19)21/h4-12,16-17,22-24,26,32H,3,13-15,31H2,1-2H3,(H,33,39)(H,34,40)(H,35,38)(H,36,37)(H,41,42). The zero-order valence-corrected chi connectivity index (χ0v) is 23.5. The number of carbonyl (C=O) groups is 5. The highest BCUT2D eigenvalue weighted by Gasteiger charge is 2.32. The lowest BCUT2D eigenvalue weighted by Gasteiger charge is -2.25. The second-order valence-corrected chi connectivity index (χ2v) is 10.3. The van der Waals surface area contributed by atoms with Gasteiger partial charge in [-0.15, -0.1) is 0 Å². The molecule has 0 spiro atoms. The van der Waals surface area contributed by atoms with Crippen LogP contribution in [0.5, 0.6) is 0 Å². The molecule has 3 rings (SSSR count). The summed E-state index contributed by atoms with van der Waals surface area (Å²) >= 11 is 0. The fourth-order valence-electron chi connectivity index (χ4n) is 4.49. The Morgan fingerprint density at radius 1 is 0.810 bits per heavy atom. The molecule has 12 heteroatoms. The van der Waals surface area contributed by atoms with Crippen LogP contribution in [0.1, 0.15) is 37.8 Å². The number of carboxylic acids is 2. The predicted molar refractivity (Wildman–Crippen MR) is 155 cm³/mol. The minimum atomic E-state index is -1.52. The first-order chi connectivity index (χ1) is 20.0. The zero-order chi connectivity index (χ0) is 30.8. The van der Waals surface area contributed by atoms with Crippen LogP contribution >= 0.6 is 0 Å². The lowest BCUT2D eigenvalue weighted by molar-refractivity contribution is -0.143. The van der Waals surface area contributed by atoms with Crippen molar-refractivity contribution in [3.8, 4) is 0 Å². The maximum absolute atomic E-state index is 13.5. The maximum Gasteiger partial charge on any atom is 0.326 e. The van der Waals surface area contributed by atoms with Crippen LogP contribution in [-0.4, -0.2) is 69.0 Å². The minimum Gasteiger partial charge on any atom is -0.481 e. The molecule has 12 nitrogen and oxygen atoms in total. The van der Waals surface area contributed by atoms with Crippen LogP contribution < -0.4 is 21.7 Å². The van der Waals surface area contributed by atoms with Gasteiger partial charge in [0.2, 0.25) is 17.7 Å². The molecule has 1 heterocycles. The van der Waals surface area contributed by atoms with Crippen molar-refractivity contribution in [2.45, 2.75) is 63.7 Å². The Balaban J connectivity index is 1.82. The number of hydrogen-bond acceptors (Lipinski definition) is 6. The molecule has 8 N–H and O–H groups in total. The summed E-state index contributed by atoms with van der Waals surface area (Å²) in [5, 5.41) is 27.5. The molecule has 3 aromatic rings. The third-order valence-corrected chi connectivity index (χ3v) is 7.20. The molecule has 2 aromatic carbocycles. The molecule has 1 aromatic heterocycles. The summed E-state index contributed by atoms with van der Waals surface area (Å²) in [5.41, 5.74) is 8.13. The number of hydrogen-bond donors (Lipinski definition) is 7. The number of amides is 3. The van der Waals surface area contributed by atoms with Gasteiger partial charge in [0.25, 0.3) is 0 Å². The maximum atomic E-state index is 13.5. The molecular weight excluding hydrogens is 542 g/mol. The fourth-order valence-corrected chi connectivity index (χ4v) is 4.49. The van der Waals surface area contributed by atoms with Crippen LogP contribution in [0.3, 0.4) is 0 Å². The Morgan fingerprint density at radius 2 is 1.40 bits per heavy atom. The number of carboxylic acid groups (broad SMARTS) is 2. The zero-order valence-electron chi connectivity index (χ0n) is 23.5. The molecule has 0 fully saturated rings. The molecule has 42 heavy (non-hydrogen) atoms. The number of aliphatic carboxylic acids is 2. The van der Waals surface area contributed by atoms with E-state index in [-0.39, 0.29) is 18.8 Å². The SMILES string of the molecule is CCC(C)C(N)C(=O)NC(CC(=O)O)C(=O)NC(Cc1ccccc1)C(=O)NC(Cc1c[nH]c2ccccc12)C(=O)O. The van der Waals surface area contributed by atoms with Gasteiger partial charge in [0, 0.05) is 29.9 Å². The number of aromatic nitrogens is 1. The Kier molecular flexibility index (Phi) is 11.2. The van der Waals surface area contributed by atoms with Crippen molar-refractivity contribution in [2.24, 2.45) is 11.7 Å². The van der Waals surface area contributed by atoms with Crippen molar-refractivity contribution in [2.75, 3.05) is 0 Å². The second kappa shape index (κ2) is 14.8. The van der Waals surface area contributed by atoms with Crippen molar-refractivity contribution >= 4 is 40.6 Å². The molecule has 5 unspecified atom stereocenters. The van der Waals surface area contributed by atoms with E-state index in [1.54, 1.807) is 43.5 Å². The van der Waals surface area contributed by atoms with Gasteiger partial charge in [-0.3, -0.25) is 19.2 Å². The largest absolute Gasteiger partial charge is 0.481 e. The lowest BCUT2D eigenvalue weighted by Crippen LogP contribution is -2.58. The van der Waals surface area contributed by atoms with Crippen LogP contribution in [0, 0.1) is 5.92 Å². The summed E-state index contributed by atoms with van der Waals surface area (Å²) in [6.07, 6.45) is 1.48. The molecule has 224 valence electrons. The number of H-pyrrole nitrogens is 1. The molecule has 0 saturated heterocycles. The van der Waals surface area contributed by atoms with Gasteiger partial charge < -0.3 is 36.9 Å². The predicted octanol–water partition coefficient (Wildman–Crippen LogP) is 1.34. The van der Waals surface area contributed by atoms with Gasteiger partial charge in [-0.25, -0.2) is 4.79 Å². The van der Waals surface area contributed by atoms with Crippen molar-refractivity contribution in [1.82, 2.24) is 20.9 Å². The molecule has 0 aliphatic heterocycles. The topological polar surface area (TPSA) is 204 Å². The first-order valence-electron chi connectivity index (χ1n) is 13.7. The van der Waals surface area contributed by atoms with E-state index in [1.807, 2.05) is 31.2 Å². The van der Waals surface area contributed by atoms with Crippen LogP contribution in [-0.2, 0) is 36.8 Å². The number of rotatable bonds is 15. The van der Waals surface area contributed by atoms with Crippen LogP contribution in [0.25, 0.3) is 10.9 Å². The highest BCUT2D eigenvalue weighted by Crippen LogP contribution is 2.19. The van der Waals surface area contributed by atoms with E-state index >= 15 is 0 Å².